The van der Waals surface area contributed by atoms with Crippen LogP contribution in [0.4, 0.5) is 4.39 Å². The van der Waals surface area contributed by atoms with Gasteiger partial charge >= 0.3 is 5.97 Å². The average molecular weight is 533 g/mol. The quantitative estimate of drug-likeness (QED) is 0.0929. The molecule has 0 amide bonds. The maximum atomic E-state index is 14.9. The van der Waals surface area contributed by atoms with Crippen molar-refractivity contribution in [1.82, 2.24) is 9.97 Å². The Kier molecular flexibility index (Phi) is 13.7. The fourth-order valence-corrected chi connectivity index (χ4v) is 4.73. The highest BCUT2D eigenvalue weighted by Gasteiger charge is 2.13. The normalized spacial score (nSPS) is 11.1. The second-order valence-electron chi connectivity index (χ2n) is 10.5. The van der Waals surface area contributed by atoms with E-state index >= 15 is 0 Å². The van der Waals surface area contributed by atoms with Crippen molar-refractivity contribution in [3.8, 4) is 17.1 Å². The second-order valence-corrected chi connectivity index (χ2v) is 10.5. The minimum atomic E-state index is -0.519. The van der Waals surface area contributed by atoms with Gasteiger partial charge in [-0.2, -0.15) is 0 Å². The molecule has 5 heteroatoms. The summed E-state index contributed by atoms with van der Waals surface area (Å²) in [6.07, 6.45) is 21.9. The van der Waals surface area contributed by atoms with Crippen LogP contribution < -0.4 is 4.74 Å². The van der Waals surface area contributed by atoms with Crippen LogP contribution in [0, 0.1) is 5.82 Å². The number of halogens is 1. The highest BCUT2D eigenvalue weighted by Crippen LogP contribution is 2.25. The molecule has 0 saturated heterocycles. The zero-order valence-electron chi connectivity index (χ0n) is 23.9. The fraction of sp³-hybridized carbons (Fsp3) is 0.500. The molecule has 0 bridgehead atoms. The van der Waals surface area contributed by atoms with Crippen LogP contribution in [-0.4, -0.2) is 15.9 Å². The standard InChI is InChI=1S/C34H45FN2O2/c1-3-5-7-9-11-13-15-17-28-25-36-33(37-26-28)31-23-22-30(24-32(31)35)39-34(38)29-20-18-27(19-21-29)16-14-12-10-8-6-4-2/h18-26H,3-17H2,1-2H3. The fourth-order valence-electron chi connectivity index (χ4n) is 4.73. The van der Waals surface area contributed by atoms with E-state index in [0.29, 0.717) is 11.4 Å². The first kappa shape index (κ1) is 30.5. The zero-order valence-corrected chi connectivity index (χ0v) is 23.9. The molecule has 0 fully saturated rings. The van der Waals surface area contributed by atoms with E-state index in [2.05, 4.69) is 23.8 Å². The predicted octanol–water partition coefficient (Wildman–Crippen LogP) is 9.70. The van der Waals surface area contributed by atoms with Gasteiger partial charge in [0.2, 0.25) is 0 Å². The largest absolute Gasteiger partial charge is 0.423 e. The molecule has 0 radical (unpaired) electrons. The molecule has 0 saturated carbocycles. The van der Waals surface area contributed by atoms with Crippen LogP contribution in [0.15, 0.2) is 54.9 Å². The van der Waals surface area contributed by atoms with E-state index in [-0.39, 0.29) is 11.3 Å². The third-order valence-electron chi connectivity index (χ3n) is 7.17. The van der Waals surface area contributed by atoms with Crippen LogP contribution in [0.5, 0.6) is 5.75 Å². The molecule has 4 nitrogen and oxygen atoms in total. The van der Waals surface area contributed by atoms with Gasteiger partial charge < -0.3 is 4.74 Å². The Labute approximate surface area is 234 Å². The van der Waals surface area contributed by atoms with E-state index in [4.69, 9.17) is 4.74 Å². The summed E-state index contributed by atoms with van der Waals surface area (Å²) in [6, 6.07) is 11.9. The lowest BCUT2D eigenvalue weighted by atomic mass is 10.0. The minimum absolute atomic E-state index is 0.160. The van der Waals surface area contributed by atoms with E-state index < -0.39 is 11.8 Å². The van der Waals surface area contributed by atoms with Crippen LogP contribution in [0.2, 0.25) is 0 Å². The van der Waals surface area contributed by atoms with Gasteiger partial charge in [0.05, 0.1) is 11.1 Å². The Balaban J connectivity index is 1.46. The molecule has 0 aliphatic carbocycles. The number of aromatic nitrogens is 2. The number of esters is 1. The topological polar surface area (TPSA) is 52.1 Å². The van der Waals surface area contributed by atoms with Crippen LogP contribution in [0.3, 0.4) is 0 Å². The Morgan fingerprint density at radius 3 is 1.79 bits per heavy atom. The van der Waals surface area contributed by atoms with Crippen molar-refractivity contribution in [1.29, 1.82) is 0 Å². The maximum Gasteiger partial charge on any atom is 0.343 e. The molecule has 0 spiro atoms. The van der Waals surface area contributed by atoms with Crippen molar-refractivity contribution in [2.75, 3.05) is 0 Å². The highest BCUT2D eigenvalue weighted by atomic mass is 19.1. The number of rotatable bonds is 18. The third-order valence-corrected chi connectivity index (χ3v) is 7.17. The number of unbranched alkanes of at least 4 members (excludes halogenated alkanes) is 11. The average Bonchev–Trinajstić information content (AvgIpc) is 2.95. The molecule has 1 heterocycles. The molecule has 0 aliphatic rings. The molecular formula is C34H45FN2O2. The number of hydrogen-bond acceptors (Lipinski definition) is 4. The van der Waals surface area contributed by atoms with Crippen LogP contribution >= 0.6 is 0 Å². The second kappa shape index (κ2) is 17.5. The summed E-state index contributed by atoms with van der Waals surface area (Å²) in [5, 5.41) is 0. The molecule has 39 heavy (non-hydrogen) atoms. The van der Waals surface area contributed by atoms with Gasteiger partial charge in [0.25, 0.3) is 0 Å². The molecule has 2 aromatic carbocycles. The van der Waals surface area contributed by atoms with Gasteiger partial charge in [-0.3, -0.25) is 0 Å². The zero-order chi connectivity index (χ0) is 27.7. The smallest absolute Gasteiger partial charge is 0.343 e. The molecule has 0 N–H and O–H groups in total. The molecule has 210 valence electrons. The number of aryl methyl sites for hydroxylation is 2. The van der Waals surface area contributed by atoms with E-state index in [0.717, 1.165) is 31.2 Å². The third kappa shape index (κ3) is 10.9. The van der Waals surface area contributed by atoms with Crippen molar-refractivity contribution in [3.63, 3.8) is 0 Å². The number of carbonyl (C=O) groups excluding carboxylic acids is 1. The summed E-state index contributed by atoms with van der Waals surface area (Å²) in [5.74, 6) is -0.531. The Morgan fingerprint density at radius 2 is 1.23 bits per heavy atom. The van der Waals surface area contributed by atoms with E-state index in [1.807, 2.05) is 12.1 Å². The molecule has 0 aliphatic heterocycles. The van der Waals surface area contributed by atoms with Crippen LogP contribution in [0.25, 0.3) is 11.4 Å². The van der Waals surface area contributed by atoms with Gasteiger partial charge in [-0.15, -0.1) is 0 Å². The Hall–Kier alpha value is -3.08. The lowest BCUT2D eigenvalue weighted by Gasteiger charge is -2.08. The Bertz CT molecular complexity index is 1110. The Morgan fingerprint density at radius 1 is 0.692 bits per heavy atom. The summed E-state index contributed by atoms with van der Waals surface area (Å²) in [6.45, 7) is 4.46. The van der Waals surface area contributed by atoms with Gasteiger partial charge in [-0.05, 0) is 61.1 Å². The van der Waals surface area contributed by atoms with Crippen molar-refractivity contribution in [2.24, 2.45) is 0 Å². The van der Waals surface area contributed by atoms with Gasteiger partial charge in [0, 0.05) is 18.5 Å². The lowest BCUT2D eigenvalue weighted by Crippen LogP contribution is -2.09. The van der Waals surface area contributed by atoms with E-state index in [1.54, 1.807) is 36.7 Å². The first-order valence-electron chi connectivity index (χ1n) is 15.0. The number of hydrogen-bond donors (Lipinski definition) is 0. The number of nitrogens with zero attached hydrogens (tertiary/aromatic N) is 2. The summed E-state index contributed by atoms with van der Waals surface area (Å²) in [4.78, 5) is 21.3. The number of carbonyl (C=O) groups is 1. The van der Waals surface area contributed by atoms with Crippen molar-refractivity contribution < 1.29 is 13.9 Å². The predicted molar refractivity (Wildman–Crippen MR) is 158 cm³/mol. The summed E-state index contributed by atoms with van der Waals surface area (Å²) < 4.78 is 20.3. The van der Waals surface area contributed by atoms with Gasteiger partial charge in [-0.1, -0.05) is 96.6 Å². The first-order chi connectivity index (χ1) is 19.1. The van der Waals surface area contributed by atoms with Gasteiger partial charge in [0.15, 0.2) is 5.82 Å². The summed E-state index contributed by atoms with van der Waals surface area (Å²) >= 11 is 0. The number of ether oxygens (including phenoxy) is 1. The van der Waals surface area contributed by atoms with Crippen LogP contribution in [-0.2, 0) is 12.8 Å². The van der Waals surface area contributed by atoms with Crippen molar-refractivity contribution in [3.05, 3.63) is 77.4 Å². The molecule has 3 aromatic rings. The van der Waals surface area contributed by atoms with Crippen LogP contribution in [0.1, 0.15) is 119 Å². The molecule has 0 unspecified atom stereocenters. The van der Waals surface area contributed by atoms with Gasteiger partial charge in [0.1, 0.15) is 11.6 Å². The van der Waals surface area contributed by atoms with E-state index in [1.165, 1.54) is 82.3 Å². The molecule has 3 rings (SSSR count). The minimum Gasteiger partial charge on any atom is -0.423 e. The highest BCUT2D eigenvalue weighted by molar-refractivity contribution is 5.91. The van der Waals surface area contributed by atoms with Crippen molar-refractivity contribution >= 4 is 5.97 Å². The van der Waals surface area contributed by atoms with E-state index in [9.17, 15) is 9.18 Å². The van der Waals surface area contributed by atoms with Crippen molar-refractivity contribution in [2.45, 2.75) is 110 Å². The summed E-state index contributed by atoms with van der Waals surface area (Å²) in [5.41, 5.74) is 3.02. The maximum absolute atomic E-state index is 14.9. The molecule has 0 atom stereocenters. The molecular weight excluding hydrogens is 487 g/mol. The molecule has 1 aromatic heterocycles. The first-order valence-corrected chi connectivity index (χ1v) is 15.0. The lowest BCUT2D eigenvalue weighted by molar-refractivity contribution is 0.0734. The number of benzene rings is 2. The summed E-state index contributed by atoms with van der Waals surface area (Å²) in [7, 11) is 0. The SMILES string of the molecule is CCCCCCCCCc1cnc(-c2ccc(OC(=O)c3ccc(CCCCCCCC)cc3)cc2F)nc1. The monoisotopic (exact) mass is 532 g/mol. The van der Waals surface area contributed by atoms with Gasteiger partial charge in [-0.25, -0.2) is 19.2 Å².